The van der Waals surface area contributed by atoms with E-state index in [1.54, 1.807) is 6.92 Å². The topological polar surface area (TPSA) is 81.4 Å². The molecule has 0 bridgehead atoms. The third kappa shape index (κ3) is 3.96. The molecule has 0 unspecified atom stereocenters. The molecular formula is C15H18N2O3S. The number of sulfonamides is 1. The number of ether oxygens (including phenoxy) is 1. The van der Waals surface area contributed by atoms with Crippen LogP contribution in [0, 0.1) is 0 Å². The van der Waals surface area contributed by atoms with Gasteiger partial charge in [0.2, 0.25) is 10.0 Å². The van der Waals surface area contributed by atoms with Gasteiger partial charge in [-0.05, 0) is 17.7 Å². The predicted octanol–water partition coefficient (Wildman–Crippen LogP) is 2.15. The highest BCUT2D eigenvalue weighted by molar-refractivity contribution is 7.89. The Morgan fingerprint density at radius 2 is 1.86 bits per heavy atom. The number of anilines is 1. The first-order chi connectivity index (χ1) is 10.0. The van der Waals surface area contributed by atoms with Gasteiger partial charge in [-0.15, -0.1) is 0 Å². The molecule has 112 valence electrons. The van der Waals surface area contributed by atoms with Crippen LogP contribution < -0.4 is 15.2 Å². The molecular weight excluding hydrogens is 288 g/mol. The summed E-state index contributed by atoms with van der Waals surface area (Å²) in [5.74, 6) is 0.359. The summed E-state index contributed by atoms with van der Waals surface area (Å²) in [5.41, 5.74) is 7.22. The predicted molar refractivity (Wildman–Crippen MR) is 82.5 cm³/mol. The first-order valence-corrected chi connectivity index (χ1v) is 8.07. The van der Waals surface area contributed by atoms with E-state index in [1.807, 2.05) is 30.3 Å². The minimum absolute atomic E-state index is 0.140. The monoisotopic (exact) mass is 306 g/mol. The summed E-state index contributed by atoms with van der Waals surface area (Å²) in [6.07, 6.45) is 0. The maximum absolute atomic E-state index is 12.0. The third-order valence-electron chi connectivity index (χ3n) is 2.87. The molecule has 0 atom stereocenters. The fourth-order valence-corrected chi connectivity index (χ4v) is 2.87. The molecule has 0 aliphatic rings. The number of hydrogen-bond donors (Lipinski definition) is 2. The lowest BCUT2D eigenvalue weighted by Gasteiger charge is -2.11. The van der Waals surface area contributed by atoms with Crippen LogP contribution in [0.25, 0.3) is 0 Å². The molecule has 6 heteroatoms. The first kappa shape index (κ1) is 15.3. The van der Waals surface area contributed by atoms with Gasteiger partial charge in [-0.3, -0.25) is 0 Å². The van der Waals surface area contributed by atoms with Crippen LogP contribution in [0.15, 0.2) is 53.4 Å². The molecule has 0 amide bonds. The molecule has 0 saturated carbocycles. The number of rotatable bonds is 6. The normalized spacial score (nSPS) is 11.3. The van der Waals surface area contributed by atoms with E-state index in [0.29, 0.717) is 24.6 Å². The molecule has 5 nitrogen and oxygen atoms in total. The lowest BCUT2D eigenvalue weighted by atomic mass is 10.2. The second-order valence-corrected chi connectivity index (χ2v) is 6.24. The summed E-state index contributed by atoms with van der Waals surface area (Å²) in [4.78, 5) is 0.140. The SMILES string of the molecule is CCNS(=O)(=O)c1ccc(N)c(OCc2ccccc2)c1. The number of hydrogen-bond acceptors (Lipinski definition) is 4. The Morgan fingerprint density at radius 1 is 1.14 bits per heavy atom. The zero-order chi connectivity index (χ0) is 15.3. The first-order valence-electron chi connectivity index (χ1n) is 6.59. The van der Waals surface area contributed by atoms with Gasteiger partial charge in [0.05, 0.1) is 10.6 Å². The fourth-order valence-electron chi connectivity index (χ4n) is 1.82. The minimum Gasteiger partial charge on any atom is -0.487 e. The van der Waals surface area contributed by atoms with Gasteiger partial charge >= 0.3 is 0 Å². The Kier molecular flexibility index (Phi) is 4.82. The van der Waals surface area contributed by atoms with E-state index in [0.717, 1.165) is 5.56 Å². The molecule has 0 spiro atoms. The lowest BCUT2D eigenvalue weighted by molar-refractivity contribution is 0.307. The van der Waals surface area contributed by atoms with Crippen LogP contribution in [0.2, 0.25) is 0 Å². The van der Waals surface area contributed by atoms with E-state index in [4.69, 9.17) is 10.5 Å². The Morgan fingerprint density at radius 3 is 2.52 bits per heavy atom. The van der Waals surface area contributed by atoms with E-state index in [2.05, 4.69) is 4.72 Å². The van der Waals surface area contributed by atoms with E-state index < -0.39 is 10.0 Å². The second-order valence-electron chi connectivity index (χ2n) is 4.48. The van der Waals surface area contributed by atoms with Crippen molar-refractivity contribution in [2.24, 2.45) is 0 Å². The average Bonchev–Trinajstić information content (AvgIpc) is 2.47. The highest BCUT2D eigenvalue weighted by atomic mass is 32.2. The molecule has 2 rings (SSSR count). The van der Waals surface area contributed by atoms with Crippen LogP contribution in [-0.2, 0) is 16.6 Å². The summed E-state index contributed by atoms with van der Waals surface area (Å²) < 4.78 is 32.0. The largest absolute Gasteiger partial charge is 0.487 e. The van der Waals surface area contributed by atoms with Crippen molar-refractivity contribution in [3.05, 3.63) is 54.1 Å². The average molecular weight is 306 g/mol. The highest BCUT2D eigenvalue weighted by Crippen LogP contribution is 2.26. The quantitative estimate of drug-likeness (QED) is 0.801. The van der Waals surface area contributed by atoms with Gasteiger partial charge in [0.15, 0.2) is 0 Å². The summed E-state index contributed by atoms with van der Waals surface area (Å²) >= 11 is 0. The van der Waals surface area contributed by atoms with E-state index >= 15 is 0 Å². The molecule has 21 heavy (non-hydrogen) atoms. The van der Waals surface area contributed by atoms with Crippen molar-refractivity contribution >= 4 is 15.7 Å². The Balaban J connectivity index is 2.20. The Labute approximate surface area is 124 Å². The van der Waals surface area contributed by atoms with Gasteiger partial charge < -0.3 is 10.5 Å². The third-order valence-corrected chi connectivity index (χ3v) is 4.41. The smallest absolute Gasteiger partial charge is 0.240 e. The van der Waals surface area contributed by atoms with Gasteiger partial charge in [-0.1, -0.05) is 37.3 Å². The lowest BCUT2D eigenvalue weighted by Crippen LogP contribution is -2.23. The van der Waals surface area contributed by atoms with Crippen LogP contribution >= 0.6 is 0 Å². The maximum Gasteiger partial charge on any atom is 0.240 e. The molecule has 2 aromatic rings. The molecule has 0 radical (unpaired) electrons. The molecule has 3 N–H and O–H groups in total. The molecule has 2 aromatic carbocycles. The molecule has 0 fully saturated rings. The summed E-state index contributed by atoms with van der Waals surface area (Å²) in [6.45, 7) is 2.38. The van der Waals surface area contributed by atoms with E-state index in [1.165, 1.54) is 18.2 Å². The summed E-state index contributed by atoms with van der Waals surface area (Å²) in [7, 11) is -3.52. The molecule has 0 heterocycles. The van der Waals surface area contributed by atoms with Gasteiger partial charge in [0.1, 0.15) is 12.4 Å². The van der Waals surface area contributed by atoms with Gasteiger partial charge in [0.25, 0.3) is 0 Å². The van der Waals surface area contributed by atoms with Crippen molar-refractivity contribution in [1.82, 2.24) is 4.72 Å². The van der Waals surface area contributed by atoms with Crippen molar-refractivity contribution in [1.29, 1.82) is 0 Å². The van der Waals surface area contributed by atoms with Crippen molar-refractivity contribution in [2.75, 3.05) is 12.3 Å². The van der Waals surface area contributed by atoms with Crippen molar-refractivity contribution < 1.29 is 13.2 Å². The molecule has 0 aliphatic carbocycles. The maximum atomic E-state index is 12.0. The highest BCUT2D eigenvalue weighted by Gasteiger charge is 2.15. The minimum atomic E-state index is -3.52. The van der Waals surface area contributed by atoms with Crippen molar-refractivity contribution in [3.63, 3.8) is 0 Å². The van der Waals surface area contributed by atoms with Crippen molar-refractivity contribution in [2.45, 2.75) is 18.4 Å². The second kappa shape index (κ2) is 6.60. The van der Waals surface area contributed by atoms with Gasteiger partial charge in [0, 0.05) is 12.6 Å². The molecule has 0 aliphatic heterocycles. The van der Waals surface area contributed by atoms with Crippen LogP contribution in [0.5, 0.6) is 5.75 Å². The van der Waals surface area contributed by atoms with Crippen molar-refractivity contribution in [3.8, 4) is 5.75 Å². The Bertz CT molecular complexity index is 700. The fraction of sp³-hybridized carbons (Fsp3) is 0.200. The molecule has 0 saturated heterocycles. The number of benzene rings is 2. The number of nitrogens with two attached hydrogens (primary N) is 1. The van der Waals surface area contributed by atoms with Crippen LogP contribution in [0.4, 0.5) is 5.69 Å². The zero-order valence-corrected chi connectivity index (χ0v) is 12.6. The van der Waals surface area contributed by atoms with Crippen LogP contribution in [-0.4, -0.2) is 15.0 Å². The van der Waals surface area contributed by atoms with E-state index in [9.17, 15) is 8.42 Å². The zero-order valence-electron chi connectivity index (χ0n) is 11.7. The van der Waals surface area contributed by atoms with Crippen LogP contribution in [0.1, 0.15) is 12.5 Å². The van der Waals surface area contributed by atoms with Crippen LogP contribution in [0.3, 0.4) is 0 Å². The summed E-state index contributed by atoms with van der Waals surface area (Å²) in [5, 5.41) is 0. The standard InChI is InChI=1S/C15H18N2O3S/c1-2-17-21(18,19)13-8-9-14(16)15(10-13)20-11-12-6-4-3-5-7-12/h3-10,17H,2,11,16H2,1H3. The number of nitrogens with one attached hydrogen (secondary N) is 1. The van der Waals surface area contributed by atoms with Gasteiger partial charge in [-0.25, -0.2) is 13.1 Å². The Hall–Kier alpha value is -2.05. The summed E-state index contributed by atoms with van der Waals surface area (Å²) in [6, 6.07) is 14.0. The molecule has 0 aromatic heterocycles. The van der Waals surface area contributed by atoms with E-state index in [-0.39, 0.29) is 4.90 Å². The van der Waals surface area contributed by atoms with Gasteiger partial charge in [-0.2, -0.15) is 0 Å². The number of nitrogen functional groups attached to an aromatic ring is 1.